The Bertz CT molecular complexity index is 1790. The highest BCUT2D eigenvalue weighted by Gasteiger charge is 2.62. The average molecular weight is 760 g/mol. The summed E-state index contributed by atoms with van der Waals surface area (Å²) in [5.41, 5.74) is 0.574. The Labute approximate surface area is 307 Å². The maximum Gasteiger partial charge on any atom is 0.410 e. The van der Waals surface area contributed by atoms with Gasteiger partial charge >= 0.3 is 6.09 Å². The van der Waals surface area contributed by atoms with E-state index in [0.717, 1.165) is 22.4 Å². The average Bonchev–Trinajstić information content (AvgIpc) is 4.02. The lowest BCUT2D eigenvalue weighted by atomic mass is 9.94. The van der Waals surface area contributed by atoms with Gasteiger partial charge in [-0.1, -0.05) is 49.3 Å². The van der Waals surface area contributed by atoms with Crippen LogP contribution in [0.15, 0.2) is 36.4 Å². The largest absolute Gasteiger partial charge is 0.444 e. The number of carbonyl (C=O) groups excluding carboxylic acids is 5. The van der Waals surface area contributed by atoms with E-state index >= 15 is 0 Å². The Morgan fingerprint density at radius 3 is 2.51 bits per heavy atom. The summed E-state index contributed by atoms with van der Waals surface area (Å²) in [6.45, 7) is -0.225. The number of nitrogens with one attached hydrogen (secondary N) is 2. The molecule has 6 aliphatic rings. The molecule has 1 aromatic carbocycles. The number of hydrogen-bond donors (Lipinski definition) is 2. The molecule has 13 nitrogen and oxygen atoms in total. The Balaban J connectivity index is 1.13. The van der Waals surface area contributed by atoms with E-state index in [1.165, 1.54) is 4.90 Å². The lowest BCUT2D eigenvalue weighted by Crippen LogP contribution is -2.57. The lowest BCUT2D eigenvalue weighted by molar-refractivity contribution is -0.145. The van der Waals surface area contributed by atoms with Crippen LogP contribution in [0.5, 0.6) is 0 Å². The van der Waals surface area contributed by atoms with Crippen LogP contribution in [0.4, 0.5) is 13.6 Å². The molecule has 0 spiro atoms. The Hall–Kier alpha value is -4.08. The molecule has 0 aromatic heterocycles. The Morgan fingerprint density at radius 2 is 1.77 bits per heavy atom. The van der Waals surface area contributed by atoms with E-state index in [1.807, 2.05) is 36.4 Å². The van der Waals surface area contributed by atoms with Gasteiger partial charge in [-0.05, 0) is 56.1 Å². The van der Waals surface area contributed by atoms with Gasteiger partial charge in [-0.25, -0.2) is 22.0 Å². The zero-order chi connectivity index (χ0) is 37.5. The third-order valence-electron chi connectivity index (χ3n) is 11.6. The van der Waals surface area contributed by atoms with Crippen molar-refractivity contribution in [2.75, 3.05) is 26.2 Å². The van der Waals surface area contributed by atoms with Gasteiger partial charge in [-0.2, -0.15) is 0 Å². The van der Waals surface area contributed by atoms with Crippen LogP contribution in [-0.2, 0) is 46.9 Å². The van der Waals surface area contributed by atoms with Gasteiger partial charge in [-0.15, -0.1) is 0 Å². The maximum absolute atomic E-state index is 14.4. The van der Waals surface area contributed by atoms with Gasteiger partial charge in [0.1, 0.15) is 17.7 Å². The second kappa shape index (κ2) is 14.6. The molecule has 2 saturated carbocycles. The molecule has 4 fully saturated rings. The number of hydrogen-bond acceptors (Lipinski definition) is 8. The summed E-state index contributed by atoms with van der Waals surface area (Å²) in [5.74, 6) is -7.05. The number of nitrogens with zero attached hydrogens (tertiary/aromatic N) is 3. The monoisotopic (exact) mass is 759 g/mol. The number of benzene rings is 1. The van der Waals surface area contributed by atoms with E-state index in [9.17, 15) is 41.2 Å². The van der Waals surface area contributed by atoms with Crippen LogP contribution < -0.4 is 10.0 Å². The molecule has 2 N–H and O–H groups in total. The fraction of sp³-hybridized carbons (Fsp3) is 0.649. The number of carbonyl (C=O) groups is 5. The summed E-state index contributed by atoms with van der Waals surface area (Å²) in [4.78, 5) is 73.0. The van der Waals surface area contributed by atoms with Crippen LogP contribution in [0.25, 0.3) is 0 Å². The molecule has 5 amide bonds. The maximum atomic E-state index is 14.4. The summed E-state index contributed by atoms with van der Waals surface area (Å²) in [7, 11) is -3.93. The highest BCUT2D eigenvalue weighted by atomic mass is 32.2. The van der Waals surface area contributed by atoms with Crippen molar-refractivity contribution in [3.8, 4) is 0 Å². The first kappa shape index (κ1) is 37.2. The minimum Gasteiger partial charge on any atom is -0.444 e. The zero-order valence-electron chi connectivity index (χ0n) is 29.6. The van der Waals surface area contributed by atoms with Crippen molar-refractivity contribution >= 4 is 39.7 Å². The molecule has 288 valence electrons. The third-order valence-corrected chi connectivity index (χ3v) is 13.4. The minimum absolute atomic E-state index is 0.0919. The van der Waals surface area contributed by atoms with Crippen molar-refractivity contribution in [1.29, 1.82) is 0 Å². The van der Waals surface area contributed by atoms with Gasteiger partial charge < -0.3 is 24.8 Å². The first-order valence-corrected chi connectivity index (χ1v) is 20.3. The first-order valence-electron chi connectivity index (χ1n) is 18.8. The molecule has 53 heavy (non-hydrogen) atoms. The molecular weight excluding hydrogens is 712 g/mol. The molecule has 16 heteroatoms. The minimum atomic E-state index is -3.93. The smallest absolute Gasteiger partial charge is 0.410 e. The Kier molecular flexibility index (Phi) is 10.3. The number of alkyl halides is 2. The predicted molar refractivity (Wildman–Crippen MR) is 186 cm³/mol. The van der Waals surface area contributed by atoms with E-state index in [-0.39, 0.29) is 38.8 Å². The lowest BCUT2D eigenvalue weighted by Gasteiger charge is -2.30. The van der Waals surface area contributed by atoms with Crippen molar-refractivity contribution in [3.05, 3.63) is 47.5 Å². The fourth-order valence-corrected chi connectivity index (χ4v) is 9.50. The SMILES string of the molecule is O=C1N[C@]2(C(=O)NS(=O)(=O)C3CC3)CC2C=CCCCCC[C@H](CC(=O)N2CCC(F)(F)C2)C(=O)N2C[C@H](OC(=O)N3CCc4ccccc4C3)C[C@@H]12. The second-order valence-corrected chi connectivity index (χ2v) is 17.5. The molecule has 4 heterocycles. The van der Waals surface area contributed by atoms with Crippen LogP contribution in [0.2, 0.25) is 0 Å². The number of amides is 5. The number of halogens is 2. The topological polar surface area (TPSA) is 162 Å². The molecule has 4 aliphatic heterocycles. The van der Waals surface area contributed by atoms with E-state index in [4.69, 9.17) is 4.74 Å². The molecule has 0 radical (unpaired) electrons. The summed E-state index contributed by atoms with van der Waals surface area (Å²) in [6, 6.07) is 6.57. The van der Waals surface area contributed by atoms with Gasteiger partial charge in [-0.3, -0.25) is 23.9 Å². The van der Waals surface area contributed by atoms with Crippen LogP contribution in [0.1, 0.15) is 81.8 Å². The number of likely N-dealkylation sites (tertiary alicyclic amines) is 1. The highest BCUT2D eigenvalue weighted by molar-refractivity contribution is 7.91. The highest BCUT2D eigenvalue weighted by Crippen LogP contribution is 2.46. The number of sulfonamides is 1. The molecule has 0 bridgehead atoms. The normalized spacial score (nSPS) is 30.3. The first-order chi connectivity index (χ1) is 25.2. The molecule has 1 unspecified atom stereocenters. The van der Waals surface area contributed by atoms with E-state index in [0.29, 0.717) is 51.6 Å². The van der Waals surface area contributed by atoms with Crippen molar-refractivity contribution < 1.29 is 45.9 Å². The second-order valence-electron chi connectivity index (χ2n) is 15.5. The van der Waals surface area contributed by atoms with E-state index < -0.39 is 93.4 Å². The predicted octanol–water partition coefficient (Wildman–Crippen LogP) is 3.03. The van der Waals surface area contributed by atoms with Gasteiger partial charge in [0, 0.05) is 50.7 Å². The van der Waals surface area contributed by atoms with Crippen LogP contribution in [0.3, 0.4) is 0 Å². The van der Waals surface area contributed by atoms with Crippen molar-refractivity contribution in [2.45, 2.75) is 112 Å². The van der Waals surface area contributed by atoms with E-state index in [1.54, 1.807) is 4.90 Å². The number of allylic oxidation sites excluding steroid dienone is 1. The van der Waals surface area contributed by atoms with Gasteiger partial charge in [0.25, 0.3) is 11.8 Å². The van der Waals surface area contributed by atoms with E-state index in [2.05, 4.69) is 10.0 Å². The quantitative estimate of drug-likeness (QED) is 0.419. The molecule has 7 rings (SSSR count). The molecular formula is C37H47F2N5O8S. The standard InChI is InChI=1S/C37H47F2N5O8S/c38-36(39)15-17-43(23-36)31(45)18-25-9-4-2-1-3-5-11-27-20-37(27,34(48)41-53(50,51)29-12-13-29)40-32(46)30-19-28(22-44(30)33(25)47)52-35(49)42-16-14-24-8-6-7-10-26(24)21-42/h5-8,10-11,25,27-30H,1-4,9,12-23H2,(H,40,46)(H,41,48)/t25-,27?,28-,30+,37-/m1/s1. The zero-order valence-corrected chi connectivity index (χ0v) is 30.5. The number of fused-ring (bicyclic) bond motifs is 3. The fourth-order valence-electron chi connectivity index (χ4n) is 8.14. The van der Waals surface area contributed by atoms with Crippen molar-refractivity contribution in [3.63, 3.8) is 0 Å². The summed E-state index contributed by atoms with van der Waals surface area (Å²) in [6.07, 6.45) is 5.99. The number of ether oxygens (including phenoxy) is 1. The molecule has 2 aliphatic carbocycles. The van der Waals surface area contributed by atoms with Crippen LogP contribution >= 0.6 is 0 Å². The van der Waals surface area contributed by atoms with Crippen LogP contribution in [0, 0.1) is 11.8 Å². The number of rotatable bonds is 6. The van der Waals surface area contributed by atoms with Crippen LogP contribution in [-0.4, -0.2) is 108 Å². The summed E-state index contributed by atoms with van der Waals surface area (Å²) < 4.78 is 61.7. The third kappa shape index (κ3) is 8.21. The van der Waals surface area contributed by atoms with Crippen molar-refractivity contribution in [1.82, 2.24) is 24.7 Å². The summed E-state index contributed by atoms with van der Waals surface area (Å²) in [5, 5.41) is 2.14. The molecule has 5 atom stereocenters. The van der Waals surface area contributed by atoms with Gasteiger partial charge in [0.05, 0.1) is 18.3 Å². The Morgan fingerprint density at radius 1 is 1.00 bits per heavy atom. The van der Waals surface area contributed by atoms with Crippen molar-refractivity contribution in [2.24, 2.45) is 11.8 Å². The summed E-state index contributed by atoms with van der Waals surface area (Å²) >= 11 is 0. The van der Waals surface area contributed by atoms with Gasteiger partial charge in [0.2, 0.25) is 27.7 Å². The molecule has 2 saturated heterocycles. The van der Waals surface area contributed by atoms with Gasteiger partial charge in [0.15, 0.2) is 0 Å². The molecule has 1 aromatic rings.